The summed E-state index contributed by atoms with van der Waals surface area (Å²) < 4.78 is 0. The van der Waals surface area contributed by atoms with Gasteiger partial charge in [-0.1, -0.05) is 178 Å². The van der Waals surface area contributed by atoms with Crippen LogP contribution in [0.15, 0.2) is 200 Å². The number of rotatable bonds is 6. The molecule has 0 amide bonds. The SMILES string of the molecule is CC1(C)c2ccccc2-c2ccc(N(c3ccc(-c4cccc5cccc(-c6ccccc6)c45)cc3)c3cc4ccccc4cc3-c3ccccc3)cc21. The largest absolute Gasteiger partial charge is 0.310 e. The molecule has 0 radical (unpaired) electrons. The van der Waals surface area contributed by atoms with Crippen LogP contribution < -0.4 is 4.90 Å². The minimum Gasteiger partial charge on any atom is -0.310 e. The van der Waals surface area contributed by atoms with Crippen LogP contribution in [0.25, 0.3) is 66.1 Å². The summed E-state index contributed by atoms with van der Waals surface area (Å²) in [7, 11) is 0. The van der Waals surface area contributed by atoms with Crippen LogP contribution in [0.1, 0.15) is 25.0 Å². The van der Waals surface area contributed by atoms with E-state index in [0.29, 0.717) is 0 Å². The molecule has 0 aliphatic heterocycles. The maximum Gasteiger partial charge on any atom is 0.0546 e. The van der Waals surface area contributed by atoms with Gasteiger partial charge in [-0.05, 0) is 108 Å². The average Bonchev–Trinajstić information content (AvgIpc) is 3.46. The molecule has 1 heteroatoms. The van der Waals surface area contributed by atoms with Gasteiger partial charge in [0.2, 0.25) is 0 Å². The van der Waals surface area contributed by atoms with E-state index in [-0.39, 0.29) is 5.41 Å². The highest BCUT2D eigenvalue weighted by Crippen LogP contribution is 2.51. The van der Waals surface area contributed by atoms with Gasteiger partial charge in [-0.2, -0.15) is 0 Å². The lowest BCUT2D eigenvalue weighted by atomic mass is 9.82. The Bertz CT molecular complexity index is 2830. The maximum atomic E-state index is 2.47. The molecule has 0 atom stereocenters. The van der Waals surface area contributed by atoms with Crippen molar-refractivity contribution in [3.05, 3.63) is 211 Å². The molecule has 1 aliphatic carbocycles. The molecule has 0 fully saturated rings. The smallest absolute Gasteiger partial charge is 0.0546 e. The van der Waals surface area contributed by atoms with E-state index in [0.717, 1.165) is 17.1 Å². The zero-order valence-electron chi connectivity index (χ0n) is 30.5. The number of nitrogens with zero attached hydrogens (tertiary/aromatic N) is 1. The lowest BCUT2D eigenvalue weighted by Crippen LogP contribution is -2.17. The van der Waals surface area contributed by atoms with Gasteiger partial charge in [-0.15, -0.1) is 0 Å². The second-order valence-electron chi connectivity index (χ2n) is 14.9. The van der Waals surface area contributed by atoms with Crippen molar-refractivity contribution in [3.63, 3.8) is 0 Å². The van der Waals surface area contributed by atoms with Crippen LogP contribution in [0.4, 0.5) is 17.1 Å². The molecule has 0 heterocycles. The normalized spacial score (nSPS) is 12.8. The summed E-state index contributed by atoms with van der Waals surface area (Å²) in [6.07, 6.45) is 0. The Labute approximate surface area is 317 Å². The van der Waals surface area contributed by atoms with E-state index in [1.807, 2.05) is 0 Å². The number of hydrogen-bond donors (Lipinski definition) is 0. The van der Waals surface area contributed by atoms with E-state index in [4.69, 9.17) is 0 Å². The molecule has 0 aromatic heterocycles. The Balaban J connectivity index is 1.18. The van der Waals surface area contributed by atoms with E-state index in [9.17, 15) is 0 Å². The molecular formula is C53H39N. The molecular weight excluding hydrogens is 651 g/mol. The quantitative estimate of drug-likeness (QED) is 0.168. The molecule has 1 nitrogen and oxygen atoms in total. The summed E-state index contributed by atoms with van der Waals surface area (Å²) in [5.74, 6) is 0. The lowest BCUT2D eigenvalue weighted by molar-refractivity contribution is 0.660. The monoisotopic (exact) mass is 689 g/mol. The predicted molar refractivity (Wildman–Crippen MR) is 230 cm³/mol. The van der Waals surface area contributed by atoms with Crippen molar-refractivity contribution < 1.29 is 0 Å². The molecule has 10 rings (SSSR count). The second kappa shape index (κ2) is 12.8. The first kappa shape index (κ1) is 32.0. The molecule has 9 aromatic carbocycles. The molecule has 0 spiro atoms. The number of benzene rings is 9. The molecule has 9 aromatic rings. The van der Waals surface area contributed by atoms with Gasteiger partial charge in [-0.3, -0.25) is 0 Å². The Morgan fingerprint density at radius 3 is 1.52 bits per heavy atom. The van der Waals surface area contributed by atoms with Crippen LogP contribution in [0.5, 0.6) is 0 Å². The van der Waals surface area contributed by atoms with Gasteiger partial charge in [0.05, 0.1) is 5.69 Å². The van der Waals surface area contributed by atoms with Crippen molar-refractivity contribution in [2.75, 3.05) is 4.90 Å². The van der Waals surface area contributed by atoms with E-state index in [1.165, 1.54) is 77.2 Å². The van der Waals surface area contributed by atoms with Crippen molar-refractivity contribution in [3.8, 4) is 44.5 Å². The van der Waals surface area contributed by atoms with E-state index in [2.05, 4.69) is 219 Å². The van der Waals surface area contributed by atoms with Gasteiger partial charge < -0.3 is 4.90 Å². The number of hydrogen-bond acceptors (Lipinski definition) is 1. The summed E-state index contributed by atoms with van der Waals surface area (Å²) in [4.78, 5) is 2.47. The molecule has 256 valence electrons. The summed E-state index contributed by atoms with van der Waals surface area (Å²) in [6, 6.07) is 73.5. The van der Waals surface area contributed by atoms with Crippen LogP contribution in [0.3, 0.4) is 0 Å². The fourth-order valence-corrected chi connectivity index (χ4v) is 8.75. The van der Waals surface area contributed by atoms with Crippen molar-refractivity contribution in [1.82, 2.24) is 0 Å². The Hall–Kier alpha value is -6.70. The summed E-state index contributed by atoms with van der Waals surface area (Å²) in [5.41, 5.74) is 16.0. The minimum atomic E-state index is -0.117. The Kier molecular flexibility index (Phi) is 7.56. The van der Waals surface area contributed by atoms with E-state index < -0.39 is 0 Å². The van der Waals surface area contributed by atoms with Gasteiger partial charge in [0, 0.05) is 22.4 Å². The Morgan fingerprint density at radius 2 is 0.833 bits per heavy atom. The summed E-state index contributed by atoms with van der Waals surface area (Å²) in [5, 5.41) is 4.96. The maximum absolute atomic E-state index is 2.47. The molecule has 0 saturated heterocycles. The van der Waals surface area contributed by atoms with E-state index in [1.54, 1.807) is 0 Å². The standard InChI is InChI=1S/C53H39N/c1-53(2)49-26-12-11-23-46(49)47-32-31-43(35-50(47)53)54(51-34-41-20-10-9-19-40(41)33-48(51)37-17-7-4-8-18-37)42-29-27-38(28-30-42)45-25-14-22-39-21-13-24-44(52(39)45)36-15-5-3-6-16-36/h3-35H,1-2H3. The molecule has 1 aliphatic rings. The highest BCUT2D eigenvalue weighted by molar-refractivity contribution is 6.07. The second-order valence-corrected chi connectivity index (χ2v) is 14.9. The summed E-state index contributed by atoms with van der Waals surface area (Å²) >= 11 is 0. The molecule has 0 N–H and O–H groups in total. The highest BCUT2D eigenvalue weighted by atomic mass is 15.1. The van der Waals surface area contributed by atoms with E-state index >= 15 is 0 Å². The zero-order valence-corrected chi connectivity index (χ0v) is 30.5. The topological polar surface area (TPSA) is 3.24 Å². The van der Waals surface area contributed by atoms with Crippen molar-refractivity contribution >= 4 is 38.6 Å². The van der Waals surface area contributed by atoms with Gasteiger partial charge in [0.15, 0.2) is 0 Å². The predicted octanol–water partition coefficient (Wildman–Crippen LogP) is 14.8. The first-order chi connectivity index (χ1) is 26.5. The summed E-state index contributed by atoms with van der Waals surface area (Å²) in [6.45, 7) is 4.72. The molecule has 0 saturated carbocycles. The average molecular weight is 690 g/mol. The van der Waals surface area contributed by atoms with Crippen LogP contribution in [0.2, 0.25) is 0 Å². The van der Waals surface area contributed by atoms with Gasteiger partial charge >= 0.3 is 0 Å². The van der Waals surface area contributed by atoms with Crippen molar-refractivity contribution in [2.24, 2.45) is 0 Å². The van der Waals surface area contributed by atoms with Gasteiger partial charge in [0.1, 0.15) is 0 Å². The third-order valence-corrected chi connectivity index (χ3v) is 11.4. The Morgan fingerprint density at radius 1 is 0.333 bits per heavy atom. The third kappa shape index (κ3) is 5.24. The lowest BCUT2D eigenvalue weighted by Gasteiger charge is -2.30. The van der Waals surface area contributed by atoms with Crippen molar-refractivity contribution in [2.45, 2.75) is 19.3 Å². The number of fused-ring (bicyclic) bond motifs is 5. The highest BCUT2D eigenvalue weighted by Gasteiger charge is 2.36. The number of anilines is 3. The van der Waals surface area contributed by atoms with Crippen LogP contribution >= 0.6 is 0 Å². The molecule has 0 bridgehead atoms. The third-order valence-electron chi connectivity index (χ3n) is 11.4. The van der Waals surface area contributed by atoms with Crippen LogP contribution in [-0.4, -0.2) is 0 Å². The van der Waals surface area contributed by atoms with Crippen LogP contribution in [0, 0.1) is 0 Å². The minimum absolute atomic E-state index is 0.117. The van der Waals surface area contributed by atoms with Crippen molar-refractivity contribution in [1.29, 1.82) is 0 Å². The van der Waals surface area contributed by atoms with Gasteiger partial charge in [-0.25, -0.2) is 0 Å². The van der Waals surface area contributed by atoms with Gasteiger partial charge in [0.25, 0.3) is 0 Å². The first-order valence-corrected chi connectivity index (χ1v) is 18.8. The molecule has 0 unspecified atom stereocenters. The first-order valence-electron chi connectivity index (χ1n) is 18.8. The van der Waals surface area contributed by atoms with Crippen LogP contribution in [-0.2, 0) is 5.41 Å². The fraction of sp³-hybridized carbons (Fsp3) is 0.0566. The molecule has 54 heavy (non-hydrogen) atoms. The fourth-order valence-electron chi connectivity index (χ4n) is 8.75. The zero-order chi connectivity index (χ0) is 36.2.